The molecule has 0 bridgehead atoms. The molecule has 1 aliphatic rings. The Morgan fingerprint density at radius 1 is 1.14 bits per heavy atom. The molecule has 7 nitrogen and oxygen atoms in total. The maximum Gasteiger partial charge on any atom is 0.329 e. The number of esters is 1. The molecule has 146 valence electrons. The number of amides is 2. The molecule has 28 heavy (non-hydrogen) atoms. The third kappa shape index (κ3) is 3.98. The van der Waals surface area contributed by atoms with Crippen molar-refractivity contribution >= 4 is 29.2 Å². The lowest BCUT2D eigenvalue weighted by molar-refractivity contribution is -0.140. The van der Waals surface area contributed by atoms with Crippen LogP contribution in [0, 0.1) is 12.3 Å². The molecule has 0 aliphatic carbocycles. The van der Waals surface area contributed by atoms with E-state index < -0.39 is 0 Å². The van der Waals surface area contributed by atoms with Gasteiger partial charge in [0.2, 0.25) is 0 Å². The topological polar surface area (TPSA) is 99.7 Å². The van der Waals surface area contributed by atoms with Crippen LogP contribution in [0.4, 0.5) is 16.2 Å². The minimum atomic E-state index is -0.236. The molecule has 0 saturated carbocycles. The Labute approximate surface area is 164 Å². The van der Waals surface area contributed by atoms with E-state index in [1.807, 2.05) is 43.3 Å². The Morgan fingerprint density at radius 3 is 2.43 bits per heavy atom. The first-order valence-electron chi connectivity index (χ1n) is 9.10. The Hall–Kier alpha value is -3.35. The van der Waals surface area contributed by atoms with Crippen LogP contribution in [0.5, 0.6) is 0 Å². The van der Waals surface area contributed by atoms with Crippen molar-refractivity contribution in [2.45, 2.75) is 19.8 Å². The molecule has 2 amide bonds. The first-order valence-corrected chi connectivity index (χ1v) is 9.10. The minimum absolute atomic E-state index is 0.0105. The molecule has 2 aromatic carbocycles. The Balaban J connectivity index is 1.72. The summed E-state index contributed by atoms with van der Waals surface area (Å²) >= 11 is 0. The maximum absolute atomic E-state index is 12.9. The zero-order valence-electron chi connectivity index (χ0n) is 16.1. The lowest BCUT2D eigenvalue weighted by Crippen LogP contribution is -2.32. The summed E-state index contributed by atoms with van der Waals surface area (Å²) in [6.45, 7) is 3.09. The lowest BCUT2D eigenvalue weighted by atomic mass is 10.1. The summed E-state index contributed by atoms with van der Waals surface area (Å²) in [6, 6.07) is 13.0. The number of nitrogens with two attached hydrogens (primary N) is 1. The van der Waals surface area contributed by atoms with Gasteiger partial charge in [-0.3, -0.25) is 20.0 Å². The van der Waals surface area contributed by atoms with Gasteiger partial charge in [0.15, 0.2) is 0 Å². The second-order valence-electron chi connectivity index (χ2n) is 6.74. The number of hydrogen-bond donors (Lipinski definition) is 2. The van der Waals surface area contributed by atoms with Gasteiger partial charge >= 0.3 is 12.0 Å². The zero-order valence-corrected chi connectivity index (χ0v) is 16.1. The van der Waals surface area contributed by atoms with Crippen molar-refractivity contribution in [3.8, 4) is 0 Å². The molecule has 0 unspecified atom stereocenters. The largest absolute Gasteiger partial charge is 0.469 e. The van der Waals surface area contributed by atoms with Crippen molar-refractivity contribution in [1.29, 1.82) is 5.41 Å². The van der Waals surface area contributed by atoms with Gasteiger partial charge in [-0.05, 0) is 54.8 Å². The van der Waals surface area contributed by atoms with Crippen LogP contribution in [-0.4, -0.2) is 38.0 Å². The molecular weight excluding hydrogens is 356 g/mol. The number of nitrogens with one attached hydrogen (secondary N) is 1. The van der Waals surface area contributed by atoms with Crippen molar-refractivity contribution in [1.82, 2.24) is 0 Å². The molecule has 0 radical (unpaired) electrons. The number of benzene rings is 2. The number of nitrogens with zero attached hydrogens (tertiary/aromatic N) is 2. The molecule has 1 fully saturated rings. The summed E-state index contributed by atoms with van der Waals surface area (Å²) < 4.78 is 4.66. The van der Waals surface area contributed by atoms with Gasteiger partial charge in [0.05, 0.1) is 7.11 Å². The predicted octanol–water partition coefficient (Wildman–Crippen LogP) is 2.83. The number of urea groups is 1. The maximum atomic E-state index is 12.9. The monoisotopic (exact) mass is 380 g/mol. The first kappa shape index (κ1) is 19.4. The molecular formula is C21H24N4O3. The molecule has 3 N–H and O–H groups in total. The summed E-state index contributed by atoms with van der Waals surface area (Å²) in [4.78, 5) is 27.7. The minimum Gasteiger partial charge on any atom is -0.469 e. The summed E-state index contributed by atoms with van der Waals surface area (Å²) in [5, 5.41) is 7.54. The van der Waals surface area contributed by atoms with Crippen LogP contribution in [0.3, 0.4) is 0 Å². The van der Waals surface area contributed by atoms with Crippen LogP contribution >= 0.6 is 0 Å². The third-order valence-electron chi connectivity index (χ3n) is 4.90. The Kier molecular flexibility index (Phi) is 5.63. The molecule has 0 spiro atoms. The van der Waals surface area contributed by atoms with E-state index in [4.69, 9.17) is 11.1 Å². The smallest absolute Gasteiger partial charge is 0.329 e. The number of methoxy groups -OCH3 is 1. The summed E-state index contributed by atoms with van der Waals surface area (Å²) in [5.41, 5.74) is 9.76. The Morgan fingerprint density at radius 2 is 1.82 bits per heavy atom. The van der Waals surface area contributed by atoms with E-state index in [0.717, 1.165) is 22.5 Å². The van der Waals surface area contributed by atoms with Gasteiger partial charge in [0.1, 0.15) is 5.84 Å². The van der Waals surface area contributed by atoms with Gasteiger partial charge in [-0.25, -0.2) is 4.79 Å². The quantitative estimate of drug-likeness (QED) is 0.457. The second kappa shape index (κ2) is 8.12. The molecule has 3 rings (SSSR count). The number of ether oxygens (including phenoxy) is 1. The molecule has 0 atom stereocenters. The van der Waals surface area contributed by atoms with E-state index in [-0.39, 0.29) is 17.8 Å². The van der Waals surface area contributed by atoms with E-state index in [2.05, 4.69) is 4.74 Å². The molecule has 1 aliphatic heterocycles. The van der Waals surface area contributed by atoms with Gasteiger partial charge in [0.25, 0.3) is 0 Å². The van der Waals surface area contributed by atoms with Crippen LogP contribution in [0.2, 0.25) is 0 Å². The SMILES string of the molecule is COC(=O)CCc1ccc(N2CCN(c3ccc(C(=N)N)cc3C)C2=O)cc1. The molecule has 7 heteroatoms. The van der Waals surface area contributed by atoms with Gasteiger partial charge in [-0.1, -0.05) is 12.1 Å². The average molecular weight is 380 g/mol. The zero-order chi connectivity index (χ0) is 20.3. The highest BCUT2D eigenvalue weighted by Crippen LogP contribution is 2.28. The van der Waals surface area contributed by atoms with Crippen molar-refractivity contribution in [2.75, 3.05) is 30.0 Å². The van der Waals surface area contributed by atoms with Gasteiger partial charge < -0.3 is 10.5 Å². The molecule has 1 heterocycles. The van der Waals surface area contributed by atoms with Crippen molar-refractivity contribution in [3.05, 3.63) is 59.2 Å². The second-order valence-corrected chi connectivity index (χ2v) is 6.74. The lowest BCUT2D eigenvalue weighted by Gasteiger charge is -2.21. The number of aryl methyl sites for hydroxylation is 2. The number of rotatable bonds is 6. The Bertz CT molecular complexity index is 908. The predicted molar refractivity (Wildman–Crippen MR) is 109 cm³/mol. The van der Waals surface area contributed by atoms with Crippen LogP contribution in [0.1, 0.15) is 23.1 Å². The number of nitrogen functional groups attached to an aromatic ring is 1. The van der Waals surface area contributed by atoms with Gasteiger partial charge in [0, 0.05) is 36.4 Å². The van der Waals surface area contributed by atoms with E-state index >= 15 is 0 Å². The molecule has 1 saturated heterocycles. The standard InChI is InChI=1S/C21H24N4O3/c1-14-13-16(20(22)23)6-9-18(14)25-12-11-24(21(25)27)17-7-3-15(4-8-17)5-10-19(26)28-2/h3-4,6-9,13H,5,10-12H2,1-2H3,(H3,22,23). The van der Waals surface area contributed by atoms with E-state index in [1.54, 1.807) is 15.9 Å². The molecule has 0 aromatic heterocycles. The highest BCUT2D eigenvalue weighted by molar-refractivity contribution is 6.07. The highest BCUT2D eigenvalue weighted by Gasteiger charge is 2.31. The highest BCUT2D eigenvalue weighted by atomic mass is 16.5. The summed E-state index contributed by atoms with van der Waals surface area (Å²) in [5.74, 6) is -0.225. The summed E-state index contributed by atoms with van der Waals surface area (Å²) in [6.07, 6.45) is 0.941. The number of hydrogen-bond acceptors (Lipinski definition) is 4. The van der Waals surface area contributed by atoms with Crippen LogP contribution in [0.15, 0.2) is 42.5 Å². The van der Waals surface area contributed by atoms with E-state index in [0.29, 0.717) is 31.5 Å². The number of amidine groups is 1. The van der Waals surface area contributed by atoms with E-state index in [9.17, 15) is 9.59 Å². The van der Waals surface area contributed by atoms with Crippen molar-refractivity contribution in [2.24, 2.45) is 5.73 Å². The number of carbonyl (C=O) groups is 2. The van der Waals surface area contributed by atoms with Crippen LogP contribution in [-0.2, 0) is 16.0 Å². The summed E-state index contributed by atoms with van der Waals surface area (Å²) in [7, 11) is 1.38. The first-order chi connectivity index (χ1) is 13.4. The fraction of sp³-hybridized carbons (Fsp3) is 0.286. The third-order valence-corrected chi connectivity index (χ3v) is 4.90. The number of carbonyl (C=O) groups excluding carboxylic acids is 2. The molecule has 2 aromatic rings. The van der Waals surface area contributed by atoms with E-state index in [1.165, 1.54) is 7.11 Å². The fourth-order valence-corrected chi connectivity index (χ4v) is 3.32. The fourth-order valence-electron chi connectivity index (χ4n) is 3.32. The normalized spacial score (nSPS) is 13.7. The van der Waals surface area contributed by atoms with Gasteiger partial charge in [-0.15, -0.1) is 0 Å². The van der Waals surface area contributed by atoms with Crippen molar-refractivity contribution < 1.29 is 14.3 Å². The van der Waals surface area contributed by atoms with Crippen LogP contribution in [0.25, 0.3) is 0 Å². The van der Waals surface area contributed by atoms with Gasteiger partial charge in [-0.2, -0.15) is 0 Å². The van der Waals surface area contributed by atoms with Crippen molar-refractivity contribution in [3.63, 3.8) is 0 Å². The number of anilines is 2. The average Bonchev–Trinajstić information content (AvgIpc) is 3.07. The van der Waals surface area contributed by atoms with Crippen LogP contribution < -0.4 is 15.5 Å².